The van der Waals surface area contributed by atoms with Crippen LogP contribution in [0.3, 0.4) is 0 Å². The third-order valence-electron chi connectivity index (χ3n) is 14.1. The first kappa shape index (κ1) is 28.5. The normalized spacial score (nSPS) is 27.3. The molecule has 5 aliphatic rings. The molecule has 5 aliphatic carbocycles. The van der Waals surface area contributed by atoms with Crippen molar-refractivity contribution in [1.29, 1.82) is 0 Å². The molecule has 0 saturated heterocycles. The van der Waals surface area contributed by atoms with Crippen LogP contribution in [0, 0.1) is 23.7 Å². The van der Waals surface area contributed by atoms with Crippen molar-refractivity contribution in [3.63, 3.8) is 0 Å². The maximum absolute atomic E-state index is 6.36. The van der Waals surface area contributed by atoms with E-state index in [9.17, 15) is 0 Å². The molecule has 0 radical (unpaired) electrons. The van der Waals surface area contributed by atoms with Crippen molar-refractivity contribution in [3.8, 4) is 11.1 Å². The van der Waals surface area contributed by atoms with Gasteiger partial charge in [0.2, 0.25) is 0 Å². The number of fused-ring (bicyclic) bond motifs is 10. The van der Waals surface area contributed by atoms with E-state index in [1.54, 1.807) is 11.1 Å². The molecule has 4 bridgehead atoms. The van der Waals surface area contributed by atoms with E-state index in [4.69, 9.17) is 4.42 Å². The molecule has 0 aliphatic heterocycles. The Morgan fingerprint density at radius 3 is 1.71 bits per heavy atom. The zero-order chi connectivity index (χ0) is 32.4. The molecule has 1 heterocycles. The summed E-state index contributed by atoms with van der Waals surface area (Å²) in [5.41, 5.74) is 14.0. The van der Waals surface area contributed by atoms with Gasteiger partial charge in [0.15, 0.2) is 0 Å². The van der Waals surface area contributed by atoms with Crippen LogP contribution in [0.2, 0.25) is 0 Å². The molecule has 11 rings (SSSR count). The third-order valence-corrected chi connectivity index (χ3v) is 14.1. The highest BCUT2D eigenvalue weighted by atomic mass is 16.3. The molecule has 4 fully saturated rings. The summed E-state index contributed by atoms with van der Waals surface area (Å²) in [6.45, 7) is 4.77. The maximum Gasteiger partial charge on any atom is 0.135 e. The summed E-state index contributed by atoms with van der Waals surface area (Å²) in [6, 6.07) is 39.7. The van der Waals surface area contributed by atoms with Crippen molar-refractivity contribution in [2.24, 2.45) is 23.7 Å². The van der Waals surface area contributed by atoms with E-state index in [0.717, 1.165) is 46.7 Å². The van der Waals surface area contributed by atoms with Crippen LogP contribution in [0.25, 0.3) is 33.1 Å². The second-order valence-electron chi connectivity index (χ2n) is 16.9. The second kappa shape index (κ2) is 10.4. The van der Waals surface area contributed by atoms with Crippen molar-refractivity contribution in [2.45, 2.75) is 82.5 Å². The van der Waals surface area contributed by atoms with Crippen molar-refractivity contribution < 1.29 is 4.42 Å². The summed E-state index contributed by atoms with van der Waals surface area (Å²) in [4.78, 5) is 2.51. The molecule has 4 saturated carbocycles. The Balaban J connectivity index is 1.00. The second-order valence-corrected chi connectivity index (χ2v) is 16.9. The topological polar surface area (TPSA) is 16.4 Å². The van der Waals surface area contributed by atoms with Crippen LogP contribution < -0.4 is 4.90 Å². The van der Waals surface area contributed by atoms with Crippen molar-refractivity contribution in [2.75, 3.05) is 4.90 Å². The van der Waals surface area contributed by atoms with Gasteiger partial charge in [0.25, 0.3) is 0 Å². The number of nitrogens with zero attached hydrogens (tertiary/aromatic N) is 1. The van der Waals surface area contributed by atoms with Gasteiger partial charge < -0.3 is 9.32 Å². The molecule has 0 amide bonds. The number of benzene rings is 5. The standard InChI is InChI=1S/C47H45NO/c1-47(2)43-25-36(19-20-37(43)41-26-42-38-5-3-4-6-45(38)49-46(42)27-44(41)47)48(34-15-11-30(12-16-34)39-23-28-7-9-32(39)21-28)35-17-13-31(14-18-35)40-24-29-8-10-33(40)22-29/h3-6,11-20,25-29,32-33,39-40H,7-10,21-24H2,1-2H3. The van der Waals surface area contributed by atoms with Crippen molar-refractivity contribution >= 4 is 39.0 Å². The Labute approximate surface area is 290 Å². The van der Waals surface area contributed by atoms with Gasteiger partial charge in [0.05, 0.1) is 0 Å². The molecule has 2 nitrogen and oxygen atoms in total. The third kappa shape index (κ3) is 4.25. The maximum atomic E-state index is 6.36. The lowest BCUT2D eigenvalue weighted by Gasteiger charge is -2.29. The van der Waals surface area contributed by atoms with Crippen molar-refractivity contribution in [3.05, 3.63) is 125 Å². The lowest BCUT2D eigenvalue weighted by molar-refractivity contribution is 0.420. The van der Waals surface area contributed by atoms with E-state index >= 15 is 0 Å². The number of para-hydroxylation sites is 1. The first-order valence-corrected chi connectivity index (χ1v) is 19.1. The Bertz CT molecular complexity index is 2180. The Kier molecular flexibility index (Phi) is 6.03. The van der Waals surface area contributed by atoms with Gasteiger partial charge in [0.1, 0.15) is 11.2 Å². The molecule has 6 unspecified atom stereocenters. The number of rotatable bonds is 5. The largest absolute Gasteiger partial charge is 0.456 e. The molecule has 0 N–H and O–H groups in total. The first-order chi connectivity index (χ1) is 24.0. The molecule has 2 heteroatoms. The number of hydrogen-bond acceptors (Lipinski definition) is 2. The van der Waals surface area contributed by atoms with E-state index in [1.807, 2.05) is 0 Å². The predicted octanol–water partition coefficient (Wildman–Crippen LogP) is 13.2. The quantitative estimate of drug-likeness (QED) is 0.187. The summed E-state index contributed by atoms with van der Waals surface area (Å²) in [5, 5.41) is 2.40. The summed E-state index contributed by atoms with van der Waals surface area (Å²) in [5.74, 6) is 5.21. The lowest BCUT2D eigenvalue weighted by Crippen LogP contribution is -2.17. The first-order valence-electron chi connectivity index (χ1n) is 19.1. The zero-order valence-electron chi connectivity index (χ0n) is 28.8. The minimum Gasteiger partial charge on any atom is -0.456 e. The van der Waals surface area contributed by atoms with Crippen LogP contribution in [0.4, 0.5) is 17.1 Å². The van der Waals surface area contributed by atoms with Crippen LogP contribution in [0.15, 0.2) is 108 Å². The highest BCUT2D eigenvalue weighted by Gasteiger charge is 2.41. The minimum atomic E-state index is -0.142. The van der Waals surface area contributed by atoms with Gasteiger partial charge in [-0.2, -0.15) is 0 Å². The molecule has 1 aromatic heterocycles. The van der Waals surface area contributed by atoms with Gasteiger partial charge in [-0.3, -0.25) is 0 Å². The Morgan fingerprint density at radius 2 is 1.12 bits per heavy atom. The fourth-order valence-electron chi connectivity index (χ4n) is 11.6. The SMILES string of the molecule is CC1(C)c2cc(N(c3ccc(C4CC5CCC4C5)cc3)c3ccc(C4CC5CCC4C5)cc3)ccc2-c2cc3c(cc21)oc1ccccc13. The smallest absolute Gasteiger partial charge is 0.135 e. The molecular weight excluding hydrogens is 595 g/mol. The predicted molar refractivity (Wildman–Crippen MR) is 202 cm³/mol. The molecule has 49 heavy (non-hydrogen) atoms. The average Bonchev–Trinajstić information content (AvgIpc) is 4.00. The number of furan rings is 1. The lowest BCUT2D eigenvalue weighted by atomic mass is 9.82. The summed E-state index contributed by atoms with van der Waals surface area (Å²) >= 11 is 0. The van der Waals surface area contributed by atoms with E-state index in [1.165, 1.54) is 101 Å². The van der Waals surface area contributed by atoms with Gasteiger partial charge in [-0.1, -0.05) is 75.2 Å². The van der Waals surface area contributed by atoms with E-state index in [2.05, 4.69) is 122 Å². The highest BCUT2D eigenvalue weighted by molar-refractivity contribution is 6.07. The summed E-state index contributed by atoms with van der Waals surface area (Å²) < 4.78 is 6.36. The Hall–Kier alpha value is -4.30. The van der Waals surface area contributed by atoms with Crippen LogP contribution in [-0.4, -0.2) is 0 Å². The Morgan fingerprint density at radius 1 is 0.531 bits per heavy atom. The van der Waals surface area contributed by atoms with E-state index in [0.29, 0.717) is 0 Å². The van der Waals surface area contributed by atoms with Crippen LogP contribution in [-0.2, 0) is 5.41 Å². The van der Waals surface area contributed by atoms with Gasteiger partial charge >= 0.3 is 0 Å². The van der Waals surface area contributed by atoms with Gasteiger partial charge in [-0.05, 0) is 162 Å². The van der Waals surface area contributed by atoms with Crippen molar-refractivity contribution in [1.82, 2.24) is 0 Å². The van der Waals surface area contributed by atoms with Crippen LogP contribution in [0.1, 0.15) is 99.3 Å². The van der Waals surface area contributed by atoms with Gasteiger partial charge in [0, 0.05) is 33.2 Å². The zero-order valence-corrected chi connectivity index (χ0v) is 28.8. The number of hydrogen-bond donors (Lipinski definition) is 0. The summed E-state index contributed by atoms with van der Waals surface area (Å²) in [6.07, 6.45) is 11.4. The van der Waals surface area contributed by atoms with Crippen LogP contribution >= 0.6 is 0 Å². The van der Waals surface area contributed by atoms with E-state index in [-0.39, 0.29) is 5.41 Å². The molecule has 6 aromatic rings. The molecule has 5 aromatic carbocycles. The molecular formula is C47H45NO. The molecule has 6 atom stereocenters. The molecule has 0 spiro atoms. The van der Waals surface area contributed by atoms with Crippen LogP contribution in [0.5, 0.6) is 0 Å². The van der Waals surface area contributed by atoms with E-state index < -0.39 is 0 Å². The average molecular weight is 640 g/mol. The number of anilines is 3. The summed E-state index contributed by atoms with van der Waals surface area (Å²) in [7, 11) is 0. The fraction of sp³-hybridized carbons (Fsp3) is 0.362. The minimum absolute atomic E-state index is 0.142. The fourth-order valence-corrected chi connectivity index (χ4v) is 11.6. The molecule has 244 valence electrons. The monoisotopic (exact) mass is 639 g/mol. The highest BCUT2D eigenvalue weighted by Crippen LogP contribution is 2.56. The van der Waals surface area contributed by atoms with Gasteiger partial charge in [-0.15, -0.1) is 0 Å². The van der Waals surface area contributed by atoms with Gasteiger partial charge in [-0.25, -0.2) is 0 Å².